The molecule has 0 aliphatic heterocycles. The fraction of sp³-hybridized carbons (Fsp3) is 0.667. The lowest BCUT2D eigenvalue weighted by Crippen LogP contribution is -2.50. The third-order valence-corrected chi connectivity index (χ3v) is 2.30. The van der Waals surface area contributed by atoms with Crippen molar-refractivity contribution in [3.05, 3.63) is 0 Å². The first-order valence-electron chi connectivity index (χ1n) is 4.83. The maximum Gasteiger partial charge on any atom is 0.237 e. The third kappa shape index (κ3) is 3.11. The van der Waals surface area contributed by atoms with Gasteiger partial charge in [0.25, 0.3) is 0 Å². The maximum atomic E-state index is 12.0. The summed E-state index contributed by atoms with van der Waals surface area (Å²) in [7, 11) is 0. The van der Waals surface area contributed by atoms with Gasteiger partial charge in [-0.1, -0.05) is 5.16 Å². The largest absolute Gasteiger partial charge is 0.409 e. The van der Waals surface area contributed by atoms with Crippen LogP contribution in [0, 0.1) is 5.41 Å². The molecule has 5 N–H and O–H groups in total. The average molecular weight is 230 g/mol. The summed E-state index contributed by atoms with van der Waals surface area (Å²) in [5, 5.41) is 11.4. The molecule has 0 bridgehead atoms. The van der Waals surface area contributed by atoms with Gasteiger partial charge in [0.05, 0.1) is 6.54 Å². The molecule has 0 aliphatic carbocycles. The number of nitrogens with zero attached hydrogens (tertiary/aromatic N) is 2. The lowest BCUT2D eigenvalue weighted by Gasteiger charge is -2.29. The molecule has 0 saturated carbocycles. The Morgan fingerprint density at radius 3 is 2.19 bits per heavy atom. The van der Waals surface area contributed by atoms with Crippen molar-refractivity contribution < 1.29 is 14.8 Å². The fourth-order valence-electron chi connectivity index (χ4n) is 1.15. The standard InChI is InChI=1S/C9H18N4O3/c1-4-13(5-6(10)14)8(15)9(2,3)7(11)12-16/h16H,4-5H2,1-3H3,(H2,10,14)(H2,11,12). The summed E-state index contributed by atoms with van der Waals surface area (Å²) in [5.74, 6) is -1.23. The van der Waals surface area contributed by atoms with E-state index >= 15 is 0 Å². The molecule has 0 heterocycles. The molecule has 0 rings (SSSR count). The van der Waals surface area contributed by atoms with Gasteiger partial charge in [-0.3, -0.25) is 9.59 Å². The monoisotopic (exact) mass is 230 g/mol. The first kappa shape index (κ1) is 14.2. The van der Waals surface area contributed by atoms with Crippen molar-refractivity contribution in [2.45, 2.75) is 20.8 Å². The predicted octanol–water partition coefficient (Wildman–Crippen LogP) is -0.907. The number of likely N-dealkylation sites (N-methyl/N-ethyl adjacent to an activating group) is 1. The Morgan fingerprint density at radius 1 is 1.38 bits per heavy atom. The van der Waals surface area contributed by atoms with Crippen molar-refractivity contribution in [3.8, 4) is 0 Å². The molecule has 7 heteroatoms. The van der Waals surface area contributed by atoms with Crippen LogP contribution in [0.1, 0.15) is 20.8 Å². The second-order valence-electron chi connectivity index (χ2n) is 3.90. The number of oxime groups is 1. The zero-order valence-electron chi connectivity index (χ0n) is 9.73. The smallest absolute Gasteiger partial charge is 0.237 e. The lowest BCUT2D eigenvalue weighted by atomic mass is 9.90. The van der Waals surface area contributed by atoms with E-state index < -0.39 is 17.2 Å². The minimum atomic E-state index is -1.17. The Hall–Kier alpha value is -1.79. The number of nitrogens with two attached hydrogens (primary N) is 2. The zero-order valence-corrected chi connectivity index (χ0v) is 9.73. The summed E-state index contributed by atoms with van der Waals surface area (Å²) in [6.45, 7) is 4.87. The maximum absolute atomic E-state index is 12.0. The third-order valence-electron chi connectivity index (χ3n) is 2.30. The number of amidine groups is 1. The average Bonchev–Trinajstić information content (AvgIpc) is 2.23. The highest BCUT2D eigenvalue weighted by molar-refractivity contribution is 6.06. The van der Waals surface area contributed by atoms with Gasteiger partial charge < -0.3 is 21.6 Å². The van der Waals surface area contributed by atoms with Crippen LogP contribution >= 0.6 is 0 Å². The van der Waals surface area contributed by atoms with E-state index in [1.54, 1.807) is 6.92 Å². The Balaban J connectivity index is 4.94. The highest BCUT2D eigenvalue weighted by Crippen LogP contribution is 2.18. The number of hydrogen-bond donors (Lipinski definition) is 3. The molecule has 92 valence electrons. The first-order valence-corrected chi connectivity index (χ1v) is 4.83. The lowest BCUT2D eigenvalue weighted by molar-refractivity contribution is -0.139. The van der Waals surface area contributed by atoms with Gasteiger partial charge >= 0.3 is 0 Å². The van der Waals surface area contributed by atoms with Crippen molar-refractivity contribution in [2.24, 2.45) is 22.0 Å². The van der Waals surface area contributed by atoms with Crippen molar-refractivity contribution >= 4 is 17.6 Å². The molecule has 0 aromatic carbocycles. The van der Waals surface area contributed by atoms with E-state index in [4.69, 9.17) is 16.7 Å². The summed E-state index contributed by atoms with van der Waals surface area (Å²) in [6, 6.07) is 0. The van der Waals surface area contributed by atoms with Crippen molar-refractivity contribution in [1.29, 1.82) is 0 Å². The Labute approximate surface area is 94.1 Å². The number of amides is 2. The molecule has 0 fully saturated rings. The predicted molar refractivity (Wildman–Crippen MR) is 58.6 cm³/mol. The van der Waals surface area contributed by atoms with E-state index in [9.17, 15) is 9.59 Å². The van der Waals surface area contributed by atoms with Gasteiger partial charge in [-0.15, -0.1) is 0 Å². The van der Waals surface area contributed by atoms with E-state index in [1.807, 2.05) is 0 Å². The van der Waals surface area contributed by atoms with Crippen molar-refractivity contribution in [2.75, 3.05) is 13.1 Å². The van der Waals surface area contributed by atoms with Gasteiger partial charge in [0.1, 0.15) is 5.41 Å². The van der Waals surface area contributed by atoms with E-state index in [0.29, 0.717) is 6.54 Å². The molecule has 0 aromatic rings. The highest BCUT2D eigenvalue weighted by atomic mass is 16.4. The van der Waals surface area contributed by atoms with Crippen molar-refractivity contribution in [3.63, 3.8) is 0 Å². The van der Waals surface area contributed by atoms with Gasteiger partial charge in [0, 0.05) is 6.54 Å². The fourth-order valence-corrected chi connectivity index (χ4v) is 1.15. The minimum absolute atomic E-state index is 0.183. The van der Waals surface area contributed by atoms with Gasteiger partial charge in [0.15, 0.2) is 5.84 Å². The molecule has 0 radical (unpaired) electrons. The van der Waals surface area contributed by atoms with E-state index in [2.05, 4.69) is 5.16 Å². The summed E-state index contributed by atoms with van der Waals surface area (Å²) in [6.07, 6.45) is 0. The second-order valence-corrected chi connectivity index (χ2v) is 3.90. The molecule has 0 saturated heterocycles. The number of carbonyl (C=O) groups is 2. The number of hydrogen-bond acceptors (Lipinski definition) is 4. The zero-order chi connectivity index (χ0) is 12.9. The van der Waals surface area contributed by atoms with Crippen LogP contribution in [0.25, 0.3) is 0 Å². The highest BCUT2D eigenvalue weighted by Gasteiger charge is 2.36. The van der Waals surface area contributed by atoms with Crippen LogP contribution < -0.4 is 11.5 Å². The topological polar surface area (TPSA) is 122 Å². The normalized spacial score (nSPS) is 12.3. The first-order chi connectivity index (χ1) is 7.27. The van der Waals surface area contributed by atoms with Crippen molar-refractivity contribution in [1.82, 2.24) is 4.90 Å². The van der Waals surface area contributed by atoms with Crippen LogP contribution in [0.3, 0.4) is 0 Å². The van der Waals surface area contributed by atoms with Gasteiger partial charge in [-0.2, -0.15) is 0 Å². The van der Waals surface area contributed by atoms with Crippen LogP contribution in [0.5, 0.6) is 0 Å². The molecule has 0 unspecified atom stereocenters. The van der Waals surface area contributed by atoms with Crippen LogP contribution in [-0.4, -0.2) is 40.8 Å². The number of primary amides is 1. The van der Waals surface area contributed by atoms with E-state index in [1.165, 1.54) is 18.7 Å². The van der Waals surface area contributed by atoms with E-state index in [-0.39, 0.29) is 12.4 Å². The minimum Gasteiger partial charge on any atom is -0.409 e. The molecule has 0 aliphatic rings. The van der Waals surface area contributed by atoms with Crippen LogP contribution in [0.15, 0.2) is 5.16 Å². The molecular formula is C9H18N4O3. The van der Waals surface area contributed by atoms with Crippen LogP contribution in [-0.2, 0) is 9.59 Å². The molecule has 16 heavy (non-hydrogen) atoms. The summed E-state index contributed by atoms with van der Waals surface area (Å²) < 4.78 is 0. The van der Waals surface area contributed by atoms with Gasteiger partial charge in [-0.05, 0) is 20.8 Å². The summed E-state index contributed by atoms with van der Waals surface area (Å²) in [4.78, 5) is 24.0. The molecule has 7 nitrogen and oxygen atoms in total. The Bertz CT molecular complexity index is 312. The molecule has 0 atom stereocenters. The molecule has 0 aromatic heterocycles. The van der Waals surface area contributed by atoms with Gasteiger partial charge in [0.2, 0.25) is 11.8 Å². The SMILES string of the molecule is CCN(CC(N)=O)C(=O)C(C)(C)C(N)=NO. The summed E-state index contributed by atoms with van der Waals surface area (Å²) in [5.41, 5.74) is 9.26. The Morgan fingerprint density at radius 2 is 1.88 bits per heavy atom. The Kier molecular flexibility index (Phi) is 4.74. The molecule has 0 spiro atoms. The second kappa shape index (κ2) is 5.34. The summed E-state index contributed by atoms with van der Waals surface area (Å²) >= 11 is 0. The van der Waals surface area contributed by atoms with Crippen LogP contribution in [0.2, 0.25) is 0 Å². The van der Waals surface area contributed by atoms with E-state index in [0.717, 1.165) is 0 Å². The number of carbonyl (C=O) groups excluding carboxylic acids is 2. The molecule has 2 amide bonds. The quantitative estimate of drug-likeness (QED) is 0.245. The van der Waals surface area contributed by atoms with Gasteiger partial charge in [-0.25, -0.2) is 0 Å². The number of rotatable bonds is 5. The molecular weight excluding hydrogens is 212 g/mol. The van der Waals surface area contributed by atoms with Crippen LogP contribution in [0.4, 0.5) is 0 Å².